The van der Waals surface area contributed by atoms with E-state index in [0.29, 0.717) is 6.42 Å². The molecule has 40 heavy (non-hydrogen) atoms. The van der Waals surface area contributed by atoms with Crippen molar-refractivity contribution in [2.75, 3.05) is 0 Å². The van der Waals surface area contributed by atoms with Crippen LogP contribution in [-0.4, -0.2) is 23.1 Å². The molecule has 0 fully saturated rings. The molecule has 1 unspecified atom stereocenters. The minimum atomic E-state index is -0.705. The minimum absolute atomic E-state index is 0.0147. The van der Waals surface area contributed by atoms with Gasteiger partial charge in [0.25, 0.3) is 0 Å². The summed E-state index contributed by atoms with van der Waals surface area (Å²) in [7, 11) is 0. The van der Waals surface area contributed by atoms with Crippen molar-refractivity contribution in [3.8, 4) is 0 Å². The molecule has 0 aliphatic heterocycles. The van der Waals surface area contributed by atoms with Crippen LogP contribution in [0.4, 0.5) is 0 Å². The molecule has 1 N–H and O–H groups in total. The first-order valence-electron chi connectivity index (χ1n) is 17.0. The minimum Gasteiger partial charge on any atom is -0.481 e. The van der Waals surface area contributed by atoms with Crippen molar-refractivity contribution in [3.63, 3.8) is 0 Å². The second-order valence-corrected chi connectivity index (χ2v) is 11.3. The van der Waals surface area contributed by atoms with Crippen LogP contribution in [-0.2, 0) is 14.3 Å². The standard InChI is InChI=1S/C36H64O4/c1-3-5-7-9-10-11-12-13-14-15-16-17-18-19-20-25-29-33-36(39)40-34(30-26-22-8-6-4-2)31-27-23-21-24-28-32-35(37)38/h5,7,10-11,13-14,34H,3-4,6,8-9,12,15-33H2,1-2H3,(H,37,38)/b7-5-,11-10-,14-13-. The fraction of sp³-hybridized carbons (Fsp3) is 0.778. The average molecular weight is 561 g/mol. The number of hydrogen-bond acceptors (Lipinski definition) is 3. The summed E-state index contributed by atoms with van der Waals surface area (Å²) in [6.07, 6.45) is 40.2. The molecule has 0 aliphatic carbocycles. The van der Waals surface area contributed by atoms with Crippen LogP contribution in [0.15, 0.2) is 36.5 Å². The molecule has 0 aromatic heterocycles. The highest BCUT2D eigenvalue weighted by atomic mass is 16.5. The number of ether oxygens (including phenoxy) is 1. The Morgan fingerprint density at radius 3 is 1.62 bits per heavy atom. The van der Waals surface area contributed by atoms with Gasteiger partial charge in [0.2, 0.25) is 0 Å². The number of carbonyl (C=O) groups is 2. The van der Waals surface area contributed by atoms with Crippen molar-refractivity contribution < 1.29 is 19.4 Å². The van der Waals surface area contributed by atoms with Crippen LogP contribution in [0.25, 0.3) is 0 Å². The lowest BCUT2D eigenvalue weighted by Crippen LogP contribution is -2.18. The van der Waals surface area contributed by atoms with Gasteiger partial charge in [-0.25, -0.2) is 0 Å². The zero-order valence-electron chi connectivity index (χ0n) is 26.4. The van der Waals surface area contributed by atoms with E-state index in [1.54, 1.807) is 0 Å². The van der Waals surface area contributed by atoms with Gasteiger partial charge in [0, 0.05) is 12.8 Å². The fourth-order valence-corrected chi connectivity index (χ4v) is 4.90. The van der Waals surface area contributed by atoms with Gasteiger partial charge >= 0.3 is 11.9 Å². The van der Waals surface area contributed by atoms with E-state index in [2.05, 4.69) is 50.3 Å². The maximum atomic E-state index is 12.5. The Morgan fingerprint density at radius 1 is 0.575 bits per heavy atom. The van der Waals surface area contributed by atoms with Crippen LogP contribution in [0.2, 0.25) is 0 Å². The summed E-state index contributed by atoms with van der Waals surface area (Å²) in [6, 6.07) is 0. The van der Waals surface area contributed by atoms with Gasteiger partial charge in [0.1, 0.15) is 6.10 Å². The molecule has 0 heterocycles. The first-order chi connectivity index (χ1) is 19.6. The Labute approximate surface area is 248 Å². The molecule has 4 nitrogen and oxygen atoms in total. The van der Waals surface area contributed by atoms with E-state index in [-0.39, 0.29) is 18.5 Å². The van der Waals surface area contributed by atoms with Crippen LogP contribution >= 0.6 is 0 Å². The Kier molecular flexibility index (Phi) is 30.2. The van der Waals surface area contributed by atoms with Crippen LogP contribution in [0.5, 0.6) is 0 Å². The van der Waals surface area contributed by atoms with Crippen molar-refractivity contribution in [1.82, 2.24) is 0 Å². The Balaban J connectivity index is 3.87. The van der Waals surface area contributed by atoms with E-state index in [0.717, 1.165) is 83.5 Å². The van der Waals surface area contributed by atoms with Crippen molar-refractivity contribution in [2.24, 2.45) is 0 Å². The van der Waals surface area contributed by atoms with Crippen LogP contribution in [0.1, 0.15) is 174 Å². The van der Waals surface area contributed by atoms with Crippen molar-refractivity contribution in [3.05, 3.63) is 36.5 Å². The Morgan fingerprint density at radius 2 is 1.05 bits per heavy atom. The highest BCUT2D eigenvalue weighted by Gasteiger charge is 2.14. The van der Waals surface area contributed by atoms with Crippen molar-refractivity contribution in [1.29, 1.82) is 0 Å². The fourth-order valence-electron chi connectivity index (χ4n) is 4.90. The van der Waals surface area contributed by atoms with Crippen LogP contribution in [0, 0.1) is 0 Å². The molecule has 0 radical (unpaired) electrons. The normalized spacial score (nSPS) is 12.7. The summed E-state index contributed by atoms with van der Waals surface area (Å²) in [5, 5.41) is 8.75. The molecular weight excluding hydrogens is 496 g/mol. The number of carboxylic acid groups (broad SMARTS) is 1. The lowest BCUT2D eigenvalue weighted by atomic mass is 10.0. The second kappa shape index (κ2) is 31.7. The molecule has 232 valence electrons. The molecule has 0 aliphatic rings. The number of rotatable bonds is 30. The summed E-state index contributed by atoms with van der Waals surface area (Å²) in [4.78, 5) is 23.1. The predicted molar refractivity (Wildman–Crippen MR) is 172 cm³/mol. The predicted octanol–water partition coefficient (Wildman–Crippen LogP) is 11.4. The van der Waals surface area contributed by atoms with Crippen molar-refractivity contribution >= 4 is 11.9 Å². The molecular formula is C36H64O4. The molecule has 4 heteroatoms. The number of aliphatic carboxylic acids is 1. The largest absolute Gasteiger partial charge is 0.481 e. The molecule has 0 spiro atoms. The van der Waals surface area contributed by atoms with Gasteiger partial charge in [0.05, 0.1) is 0 Å². The second-order valence-electron chi connectivity index (χ2n) is 11.3. The van der Waals surface area contributed by atoms with Gasteiger partial charge in [-0.15, -0.1) is 0 Å². The Hall–Kier alpha value is -1.84. The summed E-state index contributed by atoms with van der Waals surface area (Å²) in [5.41, 5.74) is 0. The van der Waals surface area contributed by atoms with E-state index in [1.165, 1.54) is 64.2 Å². The Bertz CT molecular complexity index is 649. The quantitative estimate of drug-likeness (QED) is 0.0539. The highest BCUT2D eigenvalue weighted by Crippen LogP contribution is 2.18. The number of hydrogen-bond donors (Lipinski definition) is 1. The van der Waals surface area contributed by atoms with E-state index in [9.17, 15) is 9.59 Å². The average Bonchev–Trinajstić information content (AvgIpc) is 2.93. The summed E-state index contributed by atoms with van der Waals surface area (Å²) < 4.78 is 5.91. The maximum Gasteiger partial charge on any atom is 0.306 e. The topological polar surface area (TPSA) is 63.6 Å². The zero-order valence-corrected chi connectivity index (χ0v) is 26.4. The lowest BCUT2D eigenvalue weighted by Gasteiger charge is -2.18. The lowest BCUT2D eigenvalue weighted by molar-refractivity contribution is -0.150. The van der Waals surface area contributed by atoms with Gasteiger partial charge in [0.15, 0.2) is 0 Å². The summed E-state index contributed by atoms with van der Waals surface area (Å²) in [6.45, 7) is 4.39. The smallest absolute Gasteiger partial charge is 0.306 e. The third-order valence-corrected chi connectivity index (χ3v) is 7.38. The summed E-state index contributed by atoms with van der Waals surface area (Å²) in [5.74, 6) is -0.719. The van der Waals surface area contributed by atoms with Crippen molar-refractivity contribution in [2.45, 2.75) is 180 Å². The van der Waals surface area contributed by atoms with Gasteiger partial charge in [-0.3, -0.25) is 9.59 Å². The number of carboxylic acids is 1. The maximum absolute atomic E-state index is 12.5. The molecule has 0 bridgehead atoms. The molecule has 1 atom stereocenters. The third kappa shape index (κ3) is 30.7. The van der Waals surface area contributed by atoms with Gasteiger partial charge in [-0.2, -0.15) is 0 Å². The number of esters is 1. The van der Waals surface area contributed by atoms with Gasteiger partial charge in [-0.1, -0.05) is 127 Å². The zero-order chi connectivity index (χ0) is 29.4. The first-order valence-corrected chi connectivity index (χ1v) is 17.0. The molecule has 0 aromatic rings. The first kappa shape index (κ1) is 38.2. The van der Waals surface area contributed by atoms with Gasteiger partial charge < -0.3 is 9.84 Å². The van der Waals surface area contributed by atoms with E-state index in [1.807, 2.05) is 0 Å². The molecule has 0 aromatic carbocycles. The number of allylic oxidation sites excluding steroid dienone is 6. The third-order valence-electron chi connectivity index (χ3n) is 7.38. The van der Waals surface area contributed by atoms with E-state index in [4.69, 9.17) is 9.84 Å². The molecule has 0 saturated heterocycles. The number of carbonyl (C=O) groups excluding carboxylic acids is 1. The van der Waals surface area contributed by atoms with E-state index < -0.39 is 5.97 Å². The summed E-state index contributed by atoms with van der Waals surface area (Å²) >= 11 is 0. The number of unbranched alkanes of at least 4 members (excludes halogenated alkanes) is 15. The van der Waals surface area contributed by atoms with Crippen LogP contribution < -0.4 is 0 Å². The van der Waals surface area contributed by atoms with Gasteiger partial charge in [-0.05, 0) is 70.6 Å². The highest BCUT2D eigenvalue weighted by molar-refractivity contribution is 5.69. The SMILES string of the molecule is CC/C=C\C/C=C\C/C=C\CCCCCCCCCC(=O)OC(CCCCCCC)CCCCCCCC(=O)O. The monoisotopic (exact) mass is 560 g/mol. The molecule has 0 amide bonds. The molecule has 0 saturated carbocycles. The van der Waals surface area contributed by atoms with Crippen LogP contribution in [0.3, 0.4) is 0 Å². The van der Waals surface area contributed by atoms with E-state index >= 15 is 0 Å². The molecule has 0 rings (SSSR count).